The highest BCUT2D eigenvalue weighted by atomic mass is 32.2. The maximum Gasteiger partial charge on any atom is 0.261 e. The van der Waals surface area contributed by atoms with Crippen molar-refractivity contribution in [2.45, 2.75) is 9.79 Å². The van der Waals surface area contributed by atoms with Gasteiger partial charge in [-0.25, -0.2) is 22.0 Å². The van der Waals surface area contributed by atoms with Gasteiger partial charge in [-0.2, -0.15) is 0 Å². The van der Waals surface area contributed by atoms with Crippen LogP contribution in [0.2, 0.25) is 0 Å². The lowest BCUT2D eigenvalue weighted by Gasteiger charge is -2.12. The second kappa shape index (κ2) is 7.94. The Morgan fingerprint density at radius 2 is 1.48 bits per heavy atom. The molecule has 0 bridgehead atoms. The third-order valence-electron chi connectivity index (χ3n) is 3.43. The number of carbonyl (C=O) groups is 1. The molecule has 0 atom stereocenters. The molecule has 0 heterocycles. The molecule has 2 rings (SSSR count). The van der Waals surface area contributed by atoms with Gasteiger partial charge in [-0.05, 0) is 48.5 Å². The number of anilines is 1. The molecule has 0 saturated heterocycles. The zero-order valence-corrected chi connectivity index (χ0v) is 16.2. The Bertz CT molecular complexity index is 1010. The Kier molecular flexibility index (Phi) is 6.08. The Labute approximate surface area is 157 Å². The third-order valence-corrected chi connectivity index (χ3v) is 5.76. The first-order valence-corrected chi connectivity index (χ1v) is 10.6. The lowest BCUT2D eigenvalue weighted by Crippen LogP contribution is -2.27. The average molecular weight is 413 g/mol. The van der Waals surface area contributed by atoms with Crippen molar-refractivity contribution in [2.75, 3.05) is 25.4 Å². The van der Waals surface area contributed by atoms with Crippen molar-refractivity contribution in [1.82, 2.24) is 4.90 Å². The number of amides is 1. The third kappa shape index (κ3) is 5.67. The van der Waals surface area contributed by atoms with Gasteiger partial charge in [-0.3, -0.25) is 9.52 Å². The number of primary sulfonamides is 1. The summed E-state index contributed by atoms with van der Waals surface area (Å²) in [5, 5.41) is 5.00. The zero-order chi connectivity index (χ0) is 20.2. The van der Waals surface area contributed by atoms with Gasteiger partial charge in [-0.1, -0.05) is 0 Å². The summed E-state index contributed by atoms with van der Waals surface area (Å²) in [6, 6.07) is 10.5. The number of nitrogens with two attached hydrogens (primary N) is 1. The van der Waals surface area contributed by atoms with Crippen LogP contribution in [0, 0.1) is 0 Å². The summed E-state index contributed by atoms with van der Waals surface area (Å²) in [5.41, 5.74) is 0.180. The van der Waals surface area contributed by atoms with E-state index in [9.17, 15) is 21.6 Å². The van der Waals surface area contributed by atoms with E-state index in [0.29, 0.717) is 5.75 Å². The van der Waals surface area contributed by atoms with E-state index in [1.165, 1.54) is 53.4 Å². The normalized spacial score (nSPS) is 11.7. The van der Waals surface area contributed by atoms with Crippen LogP contribution in [0.25, 0.3) is 0 Å². The highest BCUT2D eigenvalue weighted by molar-refractivity contribution is 7.92. The monoisotopic (exact) mass is 413 g/mol. The van der Waals surface area contributed by atoms with Crippen LogP contribution >= 0.6 is 0 Å². The standard InChI is InChI=1S/C16H19N3O6S2/c1-19(2)16(20)11-25-13-5-9-15(10-6-13)27(23,24)18-12-3-7-14(8-4-12)26(17,21)22/h3-10,18H,11H2,1-2H3,(H2,17,21,22). The number of carbonyl (C=O) groups excluding carboxylic acids is 1. The number of nitrogens with zero attached hydrogens (tertiary/aromatic N) is 1. The number of hydrogen-bond donors (Lipinski definition) is 2. The molecule has 11 heteroatoms. The van der Waals surface area contributed by atoms with Crippen LogP contribution in [0.3, 0.4) is 0 Å². The minimum absolute atomic E-state index is 0.0238. The molecule has 0 aromatic heterocycles. The number of nitrogens with one attached hydrogen (secondary N) is 1. The molecule has 0 fully saturated rings. The molecule has 2 aromatic carbocycles. The first-order valence-electron chi connectivity index (χ1n) is 7.58. The van der Waals surface area contributed by atoms with Crippen molar-refractivity contribution < 1.29 is 26.4 Å². The van der Waals surface area contributed by atoms with Crippen LogP contribution in [0.1, 0.15) is 0 Å². The SMILES string of the molecule is CN(C)C(=O)COc1ccc(S(=O)(=O)Nc2ccc(S(N)(=O)=O)cc2)cc1. The number of likely N-dealkylation sites (N-methyl/N-ethyl adjacent to an activating group) is 1. The van der Waals surface area contributed by atoms with Crippen molar-refractivity contribution in [2.24, 2.45) is 5.14 Å². The molecule has 0 aliphatic rings. The van der Waals surface area contributed by atoms with Crippen molar-refractivity contribution >= 4 is 31.6 Å². The van der Waals surface area contributed by atoms with Crippen molar-refractivity contribution in [1.29, 1.82) is 0 Å². The number of rotatable bonds is 7. The molecule has 0 unspecified atom stereocenters. The molecule has 0 saturated carbocycles. The van der Waals surface area contributed by atoms with Gasteiger partial charge in [0.15, 0.2) is 6.61 Å². The summed E-state index contributed by atoms with van der Waals surface area (Å²) in [6.07, 6.45) is 0. The smallest absolute Gasteiger partial charge is 0.261 e. The van der Waals surface area contributed by atoms with Gasteiger partial charge < -0.3 is 9.64 Å². The van der Waals surface area contributed by atoms with Gasteiger partial charge in [0.1, 0.15) is 5.75 Å². The summed E-state index contributed by atoms with van der Waals surface area (Å²) in [4.78, 5) is 12.7. The van der Waals surface area contributed by atoms with Crippen LogP contribution in [0.5, 0.6) is 5.75 Å². The van der Waals surface area contributed by atoms with Crippen LogP contribution in [-0.4, -0.2) is 48.3 Å². The topological polar surface area (TPSA) is 136 Å². The molecule has 0 spiro atoms. The quantitative estimate of drug-likeness (QED) is 0.682. The molecular weight excluding hydrogens is 394 g/mol. The Hall–Kier alpha value is -2.63. The van der Waals surface area contributed by atoms with Crippen LogP contribution in [0.4, 0.5) is 5.69 Å². The van der Waals surface area contributed by atoms with E-state index in [0.717, 1.165) is 0 Å². The fourth-order valence-electron chi connectivity index (χ4n) is 1.92. The summed E-state index contributed by atoms with van der Waals surface area (Å²) in [6.45, 7) is -0.159. The van der Waals surface area contributed by atoms with Crippen molar-refractivity contribution in [3.05, 3.63) is 48.5 Å². The zero-order valence-electron chi connectivity index (χ0n) is 14.6. The summed E-state index contributed by atoms with van der Waals surface area (Å²) in [7, 11) is -4.54. The van der Waals surface area contributed by atoms with Gasteiger partial charge >= 0.3 is 0 Å². The average Bonchev–Trinajstić information content (AvgIpc) is 2.59. The summed E-state index contributed by atoms with van der Waals surface area (Å²) in [5.74, 6) is 0.123. The number of hydrogen-bond acceptors (Lipinski definition) is 6. The van der Waals surface area contributed by atoms with E-state index < -0.39 is 20.0 Å². The second-order valence-electron chi connectivity index (χ2n) is 5.72. The van der Waals surface area contributed by atoms with E-state index >= 15 is 0 Å². The minimum Gasteiger partial charge on any atom is -0.484 e. The first-order chi connectivity index (χ1) is 12.5. The van der Waals surface area contributed by atoms with E-state index in [2.05, 4.69) is 4.72 Å². The molecule has 0 radical (unpaired) electrons. The predicted molar refractivity (Wildman–Crippen MR) is 99.3 cm³/mol. The molecule has 146 valence electrons. The lowest BCUT2D eigenvalue weighted by molar-refractivity contribution is -0.130. The lowest BCUT2D eigenvalue weighted by atomic mass is 10.3. The van der Waals surface area contributed by atoms with Crippen LogP contribution in [0.15, 0.2) is 58.3 Å². The molecule has 2 aromatic rings. The predicted octanol–water partition coefficient (Wildman–Crippen LogP) is 0.602. The molecular formula is C16H19N3O6S2. The molecule has 3 N–H and O–H groups in total. The molecule has 1 amide bonds. The summed E-state index contributed by atoms with van der Waals surface area (Å²) >= 11 is 0. The molecule has 0 aliphatic heterocycles. The van der Waals surface area contributed by atoms with Crippen LogP contribution < -0.4 is 14.6 Å². The van der Waals surface area contributed by atoms with E-state index in [1.807, 2.05) is 0 Å². The van der Waals surface area contributed by atoms with Gasteiger partial charge in [0.25, 0.3) is 15.9 Å². The minimum atomic E-state index is -3.88. The maximum atomic E-state index is 12.4. The van der Waals surface area contributed by atoms with Gasteiger partial charge in [-0.15, -0.1) is 0 Å². The Morgan fingerprint density at radius 1 is 0.963 bits per heavy atom. The summed E-state index contributed by atoms with van der Waals surface area (Å²) < 4.78 is 54.8. The first kappa shape index (κ1) is 20.7. The van der Waals surface area contributed by atoms with Gasteiger partial charge in [0.05, 0.1) is 9.79 Å². The largest absolute Gasteiger partial charge is 0.484 e. The van der Waals surface area contributed by atoms with Gasteiger partial charge in [0, 0.05) is 19.8 Å². The highest BCUT2D eigenvalue weighted by Gasteiger charge is 2.15. The highest BCUT2D eigenvalue weighted by Crippen LogP contribution is 2.20. The Balaban J connectivity index is 2.09. The van der Waals surface area contributed by atoms with Gasteiger partial charge in [0.2, 0.25) is 10.0 Å². The Morgan fingerprint density at radius 3 is 1.96 bits per heavy atom. The van der Waals surface area contributed by atoms with E-state index in [1.54, 1.807) is 14.1 Å². The molecule has 0 aliphatic carbocycles. The second-order valence-corrected chi connectivity index (χ2v) is 8.97. The van der Waals surface area contributed by atoms with Crippen molar-refractivity contribution in [3.63, 3.8) is 0 Å². The van der Waals surface area contributed by atoms with Crippen molar-refractivity contribution in [3.8, 4) is 5.75 Å². The fraction of sp³-hybridized carbons (Fsp3) is 0.188. The van der Waals surface area contributed by atoms with E-state index in [4.69, 9.17) is 9.88 Å². The fourth-order valence-corrected chi connectivity index (χ4v) is 3.49. The number of benzene rings is 2. The molecule has 9 nitrogen and oxygen atoms in total. The number of ether oxygens (including phenoxy) is 1. The van der Waals surface area contributed by atoms with E-state index in [-0.39, 0.29) is 28.0 Å². The molecule has 27 heavy (non-hydrogen) atoms. The van der Waals surface area contributed by atoms with Crippen LogP contribution in [-0.2, 0) is 24.8 Å². The number of sulfonamides is 2. The maximum absolute atomic E-state index is 12.4.